The van der Waals surface area contributed by atoms with E-state index in [2.05, 4.69) is 10.6 Å². The molecule has 1 aliphatic carbocycles. The minimum absolute atomic E-state index is 0.000286. The first-order valence-corrected chi connectivity index (χ1v) is 14.4. The van der Waals surface area contributed by atoms with Crippen molar-refractivity contribution in [1.82, 2.24) is 15.5 Å². The number of urea groups is 1. The molecular formula is C29H48ClN3O3. The van der Waals surface area contributed by atoms with Crippen LogP contribution in [0.1, 0.15) is 81.8 Å². The smallest absolute Gasteiger partial charge is 0.317 e. The number of hydrogen-bond donors (Lipinski definition) is 3. The van der Waals surface area contributed by atoms with Crippen molar-refractivity contribution in [3.8, 4) is 0 Å². The molecule has 1 aromatic carbocycles. The Hall–Kier alpha value is -1.34. The van der Waals surface area contributed by atoms with Crippen molar-refractivity contribution in [2.45, 2.75) is 89.2 Å². The summed E-state index contributed by atoms with van der Waals surface area (Å²) >= 11 is 6.48. The number of benzene rings is 1. The van der Waals surface area contributed by atoms with Crippen molar-refractivity contribution in [2.75, 3.05) is 40.4 Å². The summed E-state index contributed by atoms with van der Waals surface area (Å²) in [6, 6.07) is 5.94. The largest absolute Gasteiger partial charge is 0.385 e. The van der Waals surface area contributed by atoms with Gasteiger partial charge in [0, 0.05) is 50.3 Å². The molecule has 3 N–H and O–H groups in total. The van der Waals surface area contributed by atoms with Gasteiger partial charge >= 0.3 is 6.03 Å². The molecule has 0 bridgehead atoms. The Balaban J connectivity index is 1.72. The molecule has 2 fully saturated rings. The predicted octanol–water partition coefficient (Wildman–Crippen LogP) is 5.63. The Bertz CT molecular complexity index is 817. The van der Waals surface area contributed by atoms with Crippen molar-refractivity contribution in [3.05, 3.63) is 34.3 Å². The average molecular weight is 522 g/mol. The van der Waals surface area contributed by atoms with Gasteiger partial charge in [0.05, 0.1) is 5.60 Å². The lowest BCUT2D eigenvalue weighted by molar-refractivity contribution is -0.0568. The fourth-order valence-corrected chi connectivity index (χ4v) is 6.53. The number of nitrogens with zero attached hydrogens (tertiary/aromatic N) is 1. The van der Waals surface area contributed by atoms with Gasteiger partial charge in [-0.1, -0.05) is 55.8 Å². The van der Waals surface area contributed by atoms with Crippen LogP contribution in [0, 0.1) is 18.8 Å². The lowest BCUT2D eigenvalue weighted by Crippen LogP contribution is -2.54. The van der Waals surface area contributed by atoms with E-state index < -0.39 is 5.60 Å². The molecular weight excluding hydrogens is 474 g/mol. The highest BCUT2D eigenvalue weighted by atomic mass is 35.5. The molecule has 1 saturated heterocycles. The number of methoxy groups -OCH3 is 1. The maximum absolute atomic E-state index is 13.4. The van der Waals surface area contributed by atoms with E-state index in [4.69, 9.17) is 16.3 Å². The summed E-state index contributed by atoms with van der Waals surface area (Å²) in [6.45, 7) is 4.72. The molecule has 1 aromatic rings. The van der Waals surface area contributed by atoms with Crippen molar-refractivity contribution in [3.63, 3.8) is 0 Å². The van der Waals surface area contributed by atoms with Gasteiger partial charge in [-0.15, -0.1) is 0 Å². The van der Waals surface area contributed by atoms with Crippen LogP contribution in [0.25, 0.3) is 0 Å². The molecule has 3 rings (SSSR count). The Morgan fingerprint density at radius 1 is 1.22 bits per heavy atom. The molecule has 2 aliphatic rings. The zero-order valence-corrected chi connectivity index (χ0v) is 23.4. The minimum Gasteiger partial charge on any atom is -0.385 e. The number of carbonyl (C=O) groups is 1. The second kappa shape index (κ2) is 14.6. The number of likely N-dealkylation sites (tertiary alicyclic amines) is 1. The van der Waals surface area contributed by atoms with Crippen LogP contribution in [-0.4, -0.2) is 62.5 Å². The Morgan fingerprint density at radius 2 is 2.00 bits per heavy atom. The summed E-state index contributed by atoms with van der Waals surface area (Å²) < 4.78 is 5.24. The van der Waals surface area contributed by atoms with E-state index in [0.29, 0.717) is 30.5 Å². The average Bonchev–Trinajstić information content (AvgIpc) is 2.89. The molecule has 3 atom stereocenters. The Kier molecular flexibility index (Phi) is 11.8. The first kappa shape index (κ1) is 29.2. The molecule has 0 radical (unpaired) electrons. The number of unbranched alkanes of at least 4 members (excludes halogenated alkanes) is 1. The molecule has 0 spiro atoms. The van der Waals surface area contributed by atoms with Crippen molar-refractivity contribution < 1.29 is 14.6 Å². The molecule has 7 heteroatoms. The summed E-state index contributed by atoms with van der Waals surface area (Å²) in [5.41, 5.74) is 0.787. The van der Waals surface area contributed by atoms with E-state index >= 15 is 0 Å². The maximum Gasteiger partial charge on any atom is 0.317 e. The molecule has 0 aromatic heterocycles. The molecule has 3 unspecified atom stereocenters. The van der Waals surface area contributed by atoms with Crippen LogP contribution in [0.2, 0.25) is 5.02 Å². The molecule has 6 nitrogen and oxygen atoms in total. The standard InChI is InChI=1S/C29H48ClN3O3/c1-22-26(14-9-15-27(22)30)29(35,16-7-8-18-36-3)24-13-10-17-33(21-24)28(34)32-25(20-31-2)19-23-11-5-4-6-12-23/h9,14-15,23-25,31,35H,4-8,10-13,16-21H2,1-3H3,(H,32,34). The zero-order valence-electron chi connectivity index (χ0n) is 22.7. The third-order valence-electron chi connectivity index (χ3n) is 8.40. The monoisotopic (exact) mass is 521 g/mol. The highest BCUT2D eigenvalue weighted by Gasteiger charge is 2.42. The highest BCUT2D eigenvalue weighted by Crippen LogP contribution is 2.42. The van der Waals surface area contributed by atoms with E-state index in [1.54, 1.807) is 7.11 Å². The number of ether oxygens (including phenoxy) is 1. The maximum atomic E-state index is 13.4. The normalized spacial score (nSPS) is 21.7. The van der Waals surface area contributed by atoms with E-state index in [1.165, 1.54) is 32.1 Å². The lowest BCUT2D eigenvalue weighted by Gasteiger charge is -2.44. The van der Waals surface area contributed by atoms with E-state index in [1.807, 2.05) is 37.1 Å². The number of amides is 2. The van der Waals surface area contributed by atoms with Crippen LogP contribution >= 0.6 is 11.6 Å². The SMILES string of the molecule is CNCC(CC1CCCCC1)NC(=O)N1CCCC(C(O)(CCCCOC)c2cccc(Cl)c2C)C1. The first-order valence-electron chi connectivity index (χ1n) is 14.1. The molecule has 36 heavy (non-hydrogen) atoms. The summed E-state index contributed by atoms with van der Waals surface area (Å²) in [4.78, 5) is 15.4. The summed E-state index contributed by atoms with van der Waals surface area (Å²) in [6.07, 6.45) is 11.7. The number of hydrogen-bond acceptors (Lipinski definition) is 4. The van der Waals surface area contributed by atoms with Crippen LogP contribution in [0.3, 0.4) is 0 Å². The number of likely N-dealkylation sites (N-methyl/N-ethyl adjacent to an activating group) is 1. The van der Waals surface area contributed by atoms with Gasteiger partial charge in [0.15, 0.2) is 0 Å². The second-order valence-corrected chi connectivity index (χ2v) is 11.4. The zero-order chi connectivity index (χ0) is 26.0. The Morgan fingerprint density at radius 3 is 2.72 bits per heavy atom. The molecule has 204 valence electrons. The third-order valence-corrected chi connectivity index (χ3v) is 8.80. The van der Waals surface area contributed by atoms with Crippen LogP contribution in [0.15, 0.2) is 18.2 Å². The van der Waals surface area contributed by atoms with Crippen LogP contribution < -0.4 is 10.6 Å². The van der Waals surface area contributed by atoms with Gasteiger partial charge in [-0.05, 0) is 75.6 Å². The van der Waals surface area contributed by atoms with Crippen LogP contribution in [0.4, 0.5) is 4.79 Å². The third kappa shape index (κ3) is 7.83. The fourth-order valence-electron chi connectivity index (χ4n) is 6.36. The number of nitrogens with one attached hydrogen (secondary N) is 2. The summed E-state index contributed by atoms with van der Waals surface area (Å²) in [5.74, 6) is 0.660. The van der Waals surface area contributed by atoms with Gasteiger partial charge in [0.2, 0.25) is 0 Å². The summed E-state index contributed by atoms with van der Waals surface area (Å²) in [5, 5.41) is 19.5. The molecule has 1 aliphatic heterocycles. The van der Waals surface area contributed by atoms with Crippen LogP contribution in [0.5, 0.6) is 0 Å². The van der Waals surface area contributed by atoms with Gasteiger partial charge in [0.25, 0.3) is 0 Å². The van der Waals surface area contributed by atoms with Gasteiger partial charge in [-0.25, -0.2) is 4.79 Å². The van der Waals surface area contributed by atoms with Gasteiger partial charge in [0.1, 0.15) is 0 Å². The minimum atomic E-state index is -1.03. The topological polar surface area (TPSA) is 73.8 Å². The fraction of sp³-hybridized carbons (Fsp3) is 0.759. The lowest BCUT2D eigenvalue weighted by atomic mass is 9.73. The summed E-state index contributed by atoms with van der Waals surface area (Å²) in [7, 11) is 3.66. The Labute approximate surface area is 223 Å². The van der Waals surface area contributed by atoms with Crippen molar-refractivity contribution in [1.29, 1.82) is 0 Å². The van der Waals surface area contributed by atoms with Gasteiger partial charge < -0.3 is 25.4 Å². The molecule has 2 amide bonds. The van der Waals surface area contributed by atoms with E-state index in [9.17, 15) is 9.90 Å². The van der Waals surface area contributed by atoms with E-state index in [0.717, 1.165) is 56.3 Å². The second-order valence-electron chi connectivity index (χ2n) is 11.0. The van der Waals surface area contributed by atoms with Gasteiger partial charge in [-0.3, -0.25) is 0 Å². The number of rotatable bonds is 12. The number of halogens is 1. The van der Waals surface area contributed by atoms with Crippen molar-refractivity contribution >= 4 is 17.6 Å². The quantitative estimate of drug-likeness (QED) is 0.311. The molecule has 1 saturated carbocycles. The number of piperidine rings is 1. The predicted molar refractivity (Wildman–Crippen MR) is 148 cm³/mol. The number of carbonyl (C=O) groups excluding carboxylic acids is 1. The van der Waals surface area contributed by atoms with Crippen LogP contribution in [-0.2, 0) is 10.3 Å². The molecule has 1 heterocycles. The van der Waals surface area contributed by atoms with Gasteiger partial charge in [-0.2, -0.15) is 0 Å². The van der Waals surface area contributed by atoms with E-state index in [-0.39, 0.29) is 18.0 Å². The van der Waals surface area contributed by atoms with Crippen molar-refractivity contribution in [2.24, 2.45) is 11.8 Å². The first-order chi connectivity index (χ1) is 17.4. The number of aliphatic hydroxyl groups is 1. The highest BCUT2D eigenvalue weighted by molar-refractivity contribution is 6.31.